The maximum Gasteiger partial charge on any atom is 0.410 e. The van der Waals surface area contributed by atoms with E-state index < -0.39 is 5.60 Å². The molecule has 6 heteroatoms. The van der Waals surface area contributed by atoms with Gasteiger partial charge in [-0.3, -0.25) is 0 Å². The minimum absolute atomic E-state index is 0.186. The van der Waals surface area contributed by atoms with Crippen LogP contribution in [-0.4, -0.2) is 61.0 Å². The first-order chi connectivity index (χ1) is 11.8. The highest BCUT2D eigenvalue weighted by atomic mass is 16.6. The summed E-state index contributed by atoms with van der Waals surface area (Å²) in [4.78, 5) is 21.5. The number of hydrogen-bond donors (Lipinski definition) is 0. The standard InChI is InChI=1S/C19H29N3O3/c1-14-13-22(18(23)25-19(2,3)4)8-7-15-5-6-16(20-17(14)15)21-9-11-24-12-10-21/h5-6,14H,7-13H2,1-4H3. The van der Waals surface area contributed by atoms with Crippen molar-refractivity contribution in [1.29, 1.82) is 0 Å². The maximum absolute atomic E-state index is 12.4. The number of amides is 1. The highest BCUT2D eigenvalue weighted by molar-refractivity contribution is 5.68. The number of hydrogen-bond acceptors (Lipinski definition) is 5. The van der Waals surface area contributed by atoms with Crippen molar-refractivity contribution < 1.29 is 14.3 Å². The Bertz CT molecular complexity index is 621. The minimum Gasteiger partial charge on any atom is -0.444 e. The number of carbonyl (C=O) groups excluding carboxylic acids is 1. The Morgan fingerprint density at radius 2 is 1.96 bits per heavy atom. The summed E-state index contributed by atoms with van der Waals surface area (Å²) in [6, 6.07) is 4.27. The molecule has 25 heavy (non-hydrogen) atoms. The molecule has 0 bridgehead atoms. The molecule has 0 saturated carbocycles. The summed E-state index contributed by atoms with van der Waals surface area (Å²) < 4.78 is 11.0. The quantitative estimate of drug-likeness (QED) is 0.782. The van der Waals surface area contributed by atoms with Crippen LogP contribution in [0, 0.1) is 0 Å². The van der Waals surface area contributed by atoms with Crippen LogP contribution in [0.4, 0.5) is 10.6 Å². The normalized spacial score (nSPS) is 21.5. The highest BCUT2D eigenvalue weighted by Crippen LogP contribution is 2.27. The molecule has 0 radical (unpaired) electrons. The first-order valence-corrected chi connectivity index (χ1v) is 9.14. The number of rotatable bonds is 1. The van der Waals surface area contributed by atoms with Gasteiger partial charge in [0.05, 0.1) is 18.9 Å². The van der Waals surface area contributed by atoms with Crippen LogP contribution in [0.15, 0.2) is 12.1 Å². The summed E-state index contributed by atoms with van der Waals surface area (Å²) in [5.74, 6) is 1.20. The van der Waals surface area contributed by atoms with E-state index in [1.807, 2.05) is 25.7 Å². The molecule has 3 rings (SSSR count). The predicted molar refractivity (Wildman–Crippen MR) is 97.2 cm³/mol. The smallest absolute Gasteiger partial charge is 0.410 e. The van der Waals surface area contributed by atoms with Crippen LogP contribution < -0.4 is 4.90 Å². The lowest BCUT2D eigenvalue weighted by Crippen LogP contribution is -2.39. The summed E-state index contributed by atoms with van der Waals surface area (Å²) >= 11 is 0. The van der Waals surface area contributed by atoms with E-state index in [1.165, 1.54) is 5.56 Å². The molecule has 1 aromatic rings. The van der Waals surface area contributed by atoms with Crippen molar-refractivity contribution in [2.45, 2.75) is 45.6 Å². The van der Waals surface area contributed by atoms with Gasteiger partial charge in [0.1, 0.15) is 11.4 Å². The van der Waals surface area contributed by atoms with Crippen LogP contribution in [0.2, 0.25) is 0 Å². The molecule has 1 aromatic heterocycles. The Morgan fingerprint density at radius 3 is 2.64 bits per heavy atom. The number of ether oxygens (including phenoxy) is 2. The third kappa shape index (κ3) is 4.42. The van der Waals surface area contributed by atoms with Crippen molar-refractivity contribution in [2.24, 2.45) is 0 Å². The maximum atomic E-state index is 12.4. The number of pyridine rings is 1. The minimum atomic E-state index is -0.471. The van der Waals surface area contributed by atoms with Gasteiger partial charge in [-0.05, 0) is 38.8 Å². The molecular weight excluding hydrogens is 318 g/mol. The fourth-order valence-electron chi connectivity index (χ4n) is 3.36. The molecule has 1 saturated heterocycles. The molecule has 0 N–H and O–H groups in total. The van der Waals surface area contributed by atoms with Gasteiger partial charge in [-0.25, -0.2) is 9.78 Å². The van der Waals surface area contributed by atoms with Crippen molar-refractivity contribution in [3.8, 4) is 0 Å². The van der Waals surface area contributed by atoms with E-state index in [1.54, 1.807) is 0 Å². The summed E-state index contributed by atoms with van der Waals surface area (Å²) in [6.07, 6.45) is 0.579. The number of aromatic nitrogens is 1. The van der Waals surface area contributed by atoms with Gasteiger partial charge in [0.25, 0.3) is 0 Å². The molecule has 6 nitrogen and oxygen atoms in total. The van der Waals surface area contributed by atoms with Crippen LogP contribution >= 0.6 is 0 Å². The molecular formula is C19H29N3O3. The molecule has 0 aromatic carbocycles. The highest BCUT2D eigenvalue weighted by Gasteiger charge is 2.28. The van der Waals surface area contributed by atoms with Crippen LogP contribution in [-0.2, 0) is 15.9 Å². The monoisotopic (exact) mass is 347 g/mol. The van der Waals surface area contributed by atoms with E-state index in [0.29, 0.717) is 13.1 Å². The van der Waals surface area contributed by atoms with E-state index >= 15 is 0 Å². The predicted octanol–water partition coefficient (Wildman–Crippen LogP) is 2.81. The zero-order valence-corrected chi connectivity index (χ0v) is 15.7. The molecule has 2 aliphatic rings. The molecule has 2 aliphatic heterocycles. The fraction of sp³-hybridized carbons (Fsp3) is 0.684. The summed E-state index contributed by atoms with van der Waals surface area (Å²) in [5.41, 5.74) is 1.87. The Hall–Kier alpha value is -1.82. The number of carbonyl (C=O) groups is 1. The Labute approximate surface area is 150 Å². The van der Waals surface area contributed by atoms with Gasteiger partial charge >= 0.3 is 6.09 Å². The van der Waals surface area contributed by atoms with Gasteiger partial charge in [-0.15, -0.1) is 0 Å². The van der Waals surface area contributed by atoms with Crippen molar-refractivity contribution in [3.63, 3.8) is 0 Å². The average molecular weight is 347 g/mol. The van der Waals surface area contributed by atoms with Gasteiger partial charge in [-0.1, -0.05) is 13.0 Å². The molecule has 1 atom stereocenters. The van der Waals surface area contributed by atoms with E-state index in [2.05, 4.69) is 24.0 Å². The van der Waals surface area contributed by atoms with Gasteiger partial charge in [0.15, 0.2) is 0 Å². The number of anilines is 1. The van der Waals surface area contributed by atoms with Crippen molar-refractivity contribution in [2.75, 3.05) is 44.3 Å². The van der Waals surface area contributed by atoms with Crippen LogP contribution in [0.5, 0.6) is 0 Å². The first kappa shape index (κ1) is 18.0. The molecule has 1 amide bonds. The summed E-state index contributed by atoms with van der Waals surface area (Å²) in [7, 11) is 0. The lowest BCUT2D eigenvalue weighted by molar-refractivity contribution is 0.0248. The van der Waals surface area contributed by atoms with Crippen LogP contribution in [0.25, 0.3) is 0 Å². The average Bonchev–Trinajstić information content (AvgIpc) is 2.73. The second-order valence-electron chi connectivity index (χ2n) is 7.89. The lowest BCUT2D eigenvalue weighted by atomic mass is 10.0. The summed E-state index contributed by atoms with van der Waals surface area (Å²) in [5, 5.41) is 0. The SMILES string of the molecule is CC1CN(C(=O)OC(C)(C)C)CCc2ccc(N3CCOCC3)nc21. The Balaban J connectivity index is 1.75. The number of nitrogens with zero attached hydrogens (tertiary/aromatic N) is 3. The zero-order valence-electron chi connectivity index (χ0n) is 15.7. The topological polar surface area (TPSA) is 54.9 Å². The Morgan fingerprint density at radius 1 is 1.24 bits per heavy atom. The van der Waals surface area contributed by atoms with E-state index in [9.17, 15) is 4.79 Å². The van der Waals surface area contributed by atoms with E-state index in [4.69, 9.17) is 14.5 Å². The third-order valence-electron chi connectivity index (χ3n) is 4.60. The first-order valence-electron chi connectivity index (χ1n) is 9.14. The van der Waals surface area contributed by atoms with Crippen molar-refractivity contribution in [3.05, 3.63) is 23.4 Å². The van der Waals surface area contributed by atoms with Crippen molar-refractivity contribution in [1.82, 2.24) is 9.88 Å². The van der Waals surface area contributed by atoms with E-state index in [-0.39, 0.29) is 12.0 Å². The molecule has 0 aliphatic carbocycles. The van der Waals surface area contributed by atoms with Gasteiger partial charge in [0.2, 0.25) is 0 Å². The fourth-order valence-corrected chi connectivity index (χ4v) is 3.36. The number of morpholine rings is 1. The largest absolute Gasteiger partial charge is 0.444 e. The molecule has 138 valence electrons. The number of fused-ring (bicyclic) bond motifs is 1. The Kier molecular flexibility index (Phi) is 5.18. The molecule has 1 unspecified atom stereocenters. The van der Waals surface area contributed by atoms with Gasteiger partial charge in [0, 0.05) is 32.1 Å². The summed E-state index contributed by atoms with van der Waals surface area (Å²) in [6.45, 7) is 12.4. The second-order valence-corrected chi connectivity index (χ2v) is 7.89. The lowest BCUT2D eigenvalue weighted by Gasteiger charge is -2.29. The van der Waals surface area contributed by atoms with Crippen LogP contribution in [0.1, 0.15) is 44.9 Å². The third-order valence-corrected chi connectivity index (χ3v) is 4.60. The molecule has 1 fully saturated rings. The van der Waals surface area contributed by atoms with Crippen molar-refractivity contribution >= 4 is 11.9 Å². The second kappa shape index (κ2) is 7.20. The zero-order chi connectivity index (χ0) is 18.0. The van der Waals surface area contributed by atoms with Crippen LogP contribution in [0.3, 0.4) is 0 Å². The van der Waals surface area contributed by atoms with Gasteiger partial charge in [-0.2, -0.15) is 0 Å². The molecule has 0 spiro atoms. The van der Waals surface area contributed by atoms with Gasteiger partial charge < -0.3 is 19.3 Å². The van der Waals surface area contributed by atoms with E-state index in [0.717, 1.165) is 44.2 Å². The molecule has 3 heterocycles.